The van der Waals surface area contributed by atoms with Gasteiger partial charge >= 0.3 is 0 Å². The van der Waals surface area contributed by atoms with Crippen molar-refractivity contribution in [1.29, 1.82) is 0 Å². The maximum Gasteiger partial charge on any atom is 0.237 e. The van der Waals surface area contributed by atoms with Crippen molar-refractivity contribution in [2.24, 2.45) is 4.99 Å². The Labute approximate surface area is 112 Å². The van der Waals surface area contributed by atoms with E-state index in [4.69, 9.17) is 0 Å². The summed E-state index contributed by atoms with van der Waals surface area (Å²) in [7, 11) is 0. The maximum absolute atomic E-state index is 9.64. The standard InChI is InChI=1S/C13H10BrN3O/c1-7-15-11(13(18)16-7)6-10-12(14)8-4-2-3-5-9(8)17-10/h2-6,18H,1H3,(H,15,16). The molecule has 1 aliphatic heterocycles. The SMILES string of the molecule is Cc1nc(O)c(C=C2N=c3ccccc3=C2Br)[nH]1. The number of nitrogens with zero attached hydrogens (tertiary/aromatic N) is 2. The predicted octanol–water partition coefficient (Wildman–Crippen LogP) is 1.60. The van der Waals surface area contributed by atoms with E-state index in [9.17, 15) is 5.11 Å². The van der Waals surface area contributed by atoms with Gasteiger partial charge < -0.3 is 10.1 Å². The van der Waals surface area contributed by atoms with Gasteiger partial charge in [0.15, 0.2) is 0 Å². The molecule has 90 valence electrons. The molecule has 0 saturated carbocycles. The van der Waals surface area contributed by atoms with Gasteiger partial charge in [-0.3, -0.25) is 0 Å². The van der Waals surface area contributed by atoms with Gasteiger partial charge in [-0.25, -0.2) is 4.99 Å². The summed E-state index contributed by atoms with van der Waals surface area (Å²) in [5.74, 6) is 0.664. The zero-order valence-electron chi connectivity index (χ0n) is 9.61. The van der Waals surface area contributed by atoms with Gasteiger partial charge in [0, 0.05) is 5.22 Å². The molecule has 0 radical (unpaired) electrons. The molecule has 0 saturated heterocycles. The molecule has 3 rings (SSSR count). The number of halogens is 1. The molecule has 1 aromatic carbocycles. The van der Waals surface area contributed by atoms with Crippen LogP contribution < -0.4 is 10.6 Å². The minimum atomic E-state index is -0.00791. The highest BCUT2D eigenvalue weighted by molar-refractivity contribution is 9.15. The van der Waals surface area contributed by atoms with Crippen molar-refractivity contribution in [3.8, 4) is 5.88 Å². The van der Waals surface area contributed by atoms with Crippen LogP contribution in [0.5, 0.6) is 5.88 Å². The number of allylic oxidation sites excluding steroid dienone is 1. The Kier molecular flexibility index (Phi) is 2.56. The van der Waals surface area contributed by atoms with E-state index in [-0.39, 0.29) is 5.88 Å². The molecule has 0 aliphatic carbocycles. The first-order valence-electron chi connectivity index (χ1n) is 5.46. The third-order valence-corrected chi connectivity index (χ3v) is 3.55. The Morgan fingerprint density at radius 1 is 1.33 bits per heavy atom. The molecule has 1 aromatic heterocycles. The van der Waals surface area contributed by atoms with Crippen LogP contribution in [0, 0.1) is 6.92 Å². The Morgan fingerprint density at radius 3 is 2.78 bits per heavy atom. The molecule has 18 heavy (non-hydrogen) atoms. The van der Waals surface area contributed by atoms with Crippen molar-refractivity contribution in [3.63, 3.8) is 0 Å². The van der Waals surface area contributed by atoms with Crippen LogP contribution in [-0.4, -0.2) is 15.1 Å². The highest BCUT2D eigenvalue weighted by atomic mass is 79.9. The number of nitrogens with one attached hydrogen (secondary N) is 1. The van der Waals surface area contributed by atoms with Crippen LogP contribution in [0.3, 0.4) is 0 Å². The van der Waals surface area contributed by atoms with Crippen molar-refractivity contribution < 1.29 is 5.11 Å². The zero-order chi connectivity index (χ0) is 12.7. The Bertz CT molecular complexity index is 774. The average molecular weight is 304 g/mol. The number of rotatable bonds is 1. The fourth-order valence-corrected chi connectivity index (χ4v) is 2.44. The van der Waals surface area contributed by atoms with Crippen molar-refractivity contribution in [2.75, 3.05) is 0 Å². The smallest absolute Gasteiger partial charge is 0.237 e. The largest absolute Gasteiger partial charge is 0.492 e. The number of benzene rings is 1. The highest BCUT2D eigenvalue weighted by Gasteiger charge is 2.12. The highest BCUT2D eigenvalue weighted by Crippen LogP contribution is 2.25. The number of aromatic amines is 1. The fraction of sp³-hybridized carbons (Fsp3) is 0.0769. The van der Waals surface area contributed by atoms with E-state index in [0.717, 1.165) is 20.8 Å². The minimum Gasteiger partial charge on any atom is -0.492 e. The first kappa shape index (κ1) is 11.2. The zero-order valence-corrected chi connectivity index (χ0v) is 11.2. The van der Waals surface area contributed by atoms with Crippen LogP contribution in [0.15, 0.2) is 35.0 Å². The molecule has 2 aromatic rings. The Balaban J connectivity index is 2.17. The van der Waals surface area contributed by atoms with Crippen LogP contribution in [0.2, 0.25) is 0 Å². The molecule has 0 atom stereocenters. The molecule has 0 fully saturated rings. The van der Waals surface area contributed by atoms with Gasteiger partial charge in [0.05, 0.1) is 15.5 Å². The second-order valence-corrected chi connectivity index (χ2v) is 4.83. The van der Waals surface area contributed by atoms with Gasteiger partial charge in [-0.05, 0) is 35.0 Å². The monoisotopic (exact) mass is 303 g/mol. The molecule has 2 heterocycles. The van der Waals surface area contributed by atoms with E-state index >= 15 is 0 Å². The molecule has 2 N–H and O–H groups in total. The lowest BCUT2D eigenvalue weighted by molar-refractivity contribution is 0.454. The second kappa shape index (κ2) is 4.10. The molecule has 5 heteroatoms. The number of hydrogen-bond donors (Lipinski definition) is 2. The number of hydrogen-bond acceptors (Lipinski definition) is 3. The Hall–Kier alpha value is -1.88. The van der Waals surface area contributed by atoms with E-state index in [1.165, 1.54) is 0 Å². The molecule has 0 unspecified atom stereocenters. The quantitative estimate of drug-likeness (QED) is 0.840. The van der Waals surface area contributed by atoms with Gasteiger partial charge in [-0.15, -0.1) is 0 Å². The summed E-state index contributed by atoms with van der Waals surface area (Å²) in [6, 6.07) is 7.87. The lowest BCUT2D eigenvalue weighted by Crippen LogP contribution is -2.20. The summed E-state index contributed by atoms with van der Waals surface area (Å²) in [6.07, 6.45) is 1.78. The van der Waals surface area contributed by atoms with Crippen molar-refractivity contribution in [2.45, 2.75) is 6.92 Å². The Morgan fingerprint density at radius 2 is 2.11 bits per heavy atom. The number of aromatic nitrogens is 2. The number of fused-ring (bicyclic) bond motifs is 1. The van der Waals surface area contributed by atoms with E-state index in [2.05, 4.69) is 30.9 Å². The number of para-hydroxylation sites is 1. The molecule has 4 nitrogen and oxygen atoms in total. The maximum atomic E-state index is 9.64. The summed E-state index contributed by atoms with van der Waals surface area (Å²) in [6.45, 7) is 1.79. The first-order chi connectivity index (χ1) is 8.65. The molecule has 1 aliphatic rings. The number of aryl methyl sites for hydroxylation is 1. The van der Waals surface area contributed by atoms with Gasteiger partial charge in [-0.2, -0.15) is 4.98 Å². The summed E-state index contributed by atoms with van der Waals surface area (Å²) in [5, 5.41) is 11.6. The van der Waals surface area contributed by atoms with Crippen LogP contribution in [0.1, 0.15) is 11.5 Å². The van der Waals surface area contributed by atoms with Gasteiger partial charge in [0.1, 0.15) is 11.5 Å². The lowest BCUT2D eigenvalue weighted by Gasteiger charge is -1.94. The van der Waals surface area contributed by atoms with Crippen LogP contribution in [0.25, 0.3) is 10.6 Å². The predicted molar refractivity (Wildman–Crippen MR) is 72.5 cm³/mol. The minimum absolute atomic E-state index is 0.00791. The summed E-state index contributed by atoms with van der Waals surface area (Å²) in [5.41, 5.74) is 1.34. The summed E-state index contributed by atoms with van der Waals surface area (Å²) < 4.78 is 0.921. The second-order valence-electron chi connectivity index (χ2n) is 4.03. The van der Waals surface area contributed by atoms with E-state index in [1.54, 1.807) is 13.0 Å². The first-order valence-corrected chi connectivity index (χ1v) is 6.25. The van der Waals surface area contributed by atoms with E-state index in [1.807, 2.05) is 24.3 Å². The topological polar surface area (TPSA) is 61.3 Å². The molecular weight excluding hydrogens is 294 g/mol. The van der Waals surface area contributed by atoms with E-state index in [0.29, 0.717) is 11.5 Å². The normalized spacial score (nSPS) is 15.9. The molecule has 0 spiro atoms. The third-order valence-electron chi connectivity index (χ3n) is 2.72. The van der Waals surface area contributed by atoms with Crippen molar-refractivity contribution in [1.82, 2.24) is 9.97 Å². The number of aromatic hydroxyl groups is 1. The molecular formula is C13H10BrN3O. The molecule has 0 bridgehead atoms. The fourth-order valence-electron chi connectivity index (χ4n) is 1.90. The third kappa shape index (κ3) is 1.76. The van der Waals surface area contributed by atoms with Crippen LogP contribution in [-0.2, 0) is 0 Å². The van der Waals surface area contributed by atoms with Crippen molar-refractivity contribution >= 4 is 26.5 Å². The van der Waals surface area contributed by atoms with Gasteiger partial charge in [0.2, 0.25) is 5.88 Å². The average Bonchev–Trinajstić information content (AvgIpc) is 2.82. The van der Waals surface area contributed by atoms with Crippen LogP contribution >= 0.6 is 15.9 Å². The summed E-state index contributed by atoms with van der Waals surface area (Å²) in [4.78, 5) is 11.4. The number of imidazole rings is 1. The van der Waals surface area contributed by atoms with E-state index < -0.39 is 0 Å². The number of H-pyrrole nitrogens is 1. The summed E-state index contributed by atoms with van der Waals surface area (Å²) >= 11 is 3.53. The van der Waals surface area contributed by atoms with Gasteiger partial charge in [-0.1, -0.05) is 18.2 Å². The molecule has 0 amide bonds. The van der Waals surface area contributed by atoms with Gasteiger partial charge in [0.25, 0.3) is 0 Å². The lowest BCUT2D eigenvalue weighted by atomic mass is 10.2. The van der Waals surface area contributed by atoms with Crippen LogP contribution in [0.4, 0.5) is 0 Å². The van der Waals surface area contributed by atoms with Crippen molar-refractivity contribution in [3.05, 3.63) is 52.1 Å².